The Labute approximate surface area is 97.2 Å². The van der Waals surface area contributed by atoms with Gasteiger partial charge in [-0.1, -0.05) is 11.6 Å². The summed E-state index contributed by atoms with van der Waals surface area (Å²) < 4.78 is 5.55. The van der Waals surface area contributed by atoms with E-state index in [1.54, 1.807) is 6.92 Å². The molecule has 0 aromatic carbocycles. The summed E-state index contributed by atoms with van der Waals surface area (Å²) in [6.45, 7) is 2.59. The summed E-state index contributed by atoms with van der Waals surface area (Å²) in [5, 5.41) is 0.416. The van der Waals surface area contributed by atoms with E-state index >= 15 is 0 Å². The number of fused-ring (bicyclic) bond motifs is 1. The molecule has 0 bridgehead atoms. The van der Waals surface area contributed by atoms with Gasteiger partial charge in [-0.3, -0.25) is 0 Å². The van der Waals surface area contributed by atoms with Crippen molar-refractivity contribution in [3.63, 3.8) is 0 Å². The minimum absolute atomic E-state index is 0.0468. The number of rotatable bonds is 1. The minimum Gasteiger partial charge on any atom is -0.370 e. The van der Waals surface area contributed by atoms with E-state index in [0.29, 0.717) is 22.1 Å². The van der Waals surface area contributed by atoms with Gasteiger partial charge in [0.1, 0.15) is 23.3 Å². The van der Waals surface area contributed by atoms with Crippen LogP contribution in [0.25, 0.3) is 11.2 Å². The van der Waals surface area contributed by atoms with Gasteiger partial charge in [0.15, 0.2) is 10.8 Å². The Morgan fingerprint density at radius 1 is 1.38 bits per heavy atom. The fraction of sp³-hybridized carbons (Fsp3) is 0.500. The topological polar surface area (TPSA) is 63.7 Å². The van der Waals surface area contributed by atoms with Gasteiger partial charge in [0.25, 0.3) is 0 Å². The number of nitrogens with zero attached hydrogens (tertiary/aromatic N) is 3. The maximum atomic E-state index is 6.02. The molecule has 1 unspecified atom stereocenters. The zero-order valence-corrected chi connectivity index (χ0v) is 9.58. The Kier molecular flexibility index (Phi) is 2.29. The van der Waals surface area contributed by atoms with Crippen LogP contribution in [0.4, 0.5) is 0 Å². The first-order valence-corrected chi connectivity index (χ1v) is 5.63. The van der Waals surface area contributed by atoms with Crippen molar-refractivity contribution in [2.45, 2.75) is 25.9 Å². The second kappa shape index (κ2) is 3.68. The number of aryl methyl sites for hydroxylation is 1. The van der Waals surface area contributed by atoms with Gasteiger partial charge in [0.2, 0.25) is 0 Å². The van der Waals surface area contributed by atoms with Crippen LogP contribution in [0, 0.1) is 6.92 Å². The van der Waals surface area contributed by atoms with Crippen molar-refractivity contribution in [2.24, 2.45) is 0 Å². The van der Waals surface area contributed by atoms with Crippen molar-refractivity contribution in [1.29, 1.82) is 0 Å². The zero-order valence-electron chi connectivity index (χ0n) is 8.83. The molecule has 1 atom stereocenters. The minimum atomic E-state index is 0.0468. The van der Waals surface area contributed by atoms with Gasteiger partial charge in [-0.2, -0.15) is 0 Å². The van der Waals surface area contributed by atoms with E-state index < -0.39 is 0 Å². The molecule has 0 spiro atoms. The van der Waals surface area contributed by atoms with Crippen molar-refractivity contribution in [3.8, 4) is 0 Å². The molecule has 1 saturated heterocycles. The molecule has 6 heteroatoms. The summed E-state index contributed by atoms with van der Waals surface area (Å²) in [6, 6.07) is 0. The van der Waals surface area contributed by atoms with Crippen molar-refractivity contribution < 1.29 is 4.74 Å². The largest absolute Gasteiger partial charge is 0.370 e. The fourth-order valence-corrected chi connectivity index (χ4v) is 2.18. The molecule has 0 aliphatic carbocycles. The number of aromatic nitrogens is 4. The Bertz CT molecular complexity index is 533. The summed E-state index contributed by atoms with van der Waals surface area (Å²) in [5.41, 5.74) is 1.31. The Balaban J connectivity index is 2.11. The maximum absolute atomic E-state index is 6.02. The normalized spacial score (nSPS) is 20.8. The number of nitrogens with one attached hydrogen (secondary N) is 1. The lowest BCUT2D eigenvalue weighted by atomic mass is 10.2. The smallest absolute Gasteiger partial charge is 0.182 e. The lowest BCUT2D eigenvalue weighted by Crippen LogP contribution is -1.97. The molecule has 3 heterocycles. The SMILES string of the molecule is Cc1nc(Cl)c2[nH]c(C3CCCO3)nc2n1. The fourth-order valence-electron chi connectivity index (χ4n) is 1.93. The average Bonchev–Trinajstić information content (AvgIpc) is 2.82. The molecule has 16 heavy (non-hydrogen) atoms. The second-order valence-corrected chi connectivity index (χ2v) is 4.24. The summed E-state index contributed by atoms with van der Waals surface area (Å²) in [5.74, 6) is 1.43. The third-order valence-corrected chi connectivity index (χ3v) is 2.95. The van der Waals surface area contributed by atoms with E-state index in [1.165, 1.54) is 0 Å². The standard InChI is InChI=1S/C10H11ClN4O/c1-5-12-8(11)7-10(13-5)15-9(14-7)6-3-2-4-16-6/h6H,2-4H2,1H3,(H,12,13,14,15). The summed E-state index contributed by atoms with van der Waals surface area (Å²) in [4.78, 5) is 15.9. The first-order chi connectivity index (χ1) is 7.74. The molecule has 2 aromatic heterocycles. The van der Waals surface area contributed by atoms with Gasteiger partial charge in [-0.05, 0) is 19.8 Å². The summed E-state index contributed by atoms with van der Waals surface area (Å²) >= 11 is 6.02. The highest BCUT2D eigenvalue weighted by atomic mass is 35.5. The average molecular weight is 239 g/mol. The number of halogens is 1. The molecule has 0 saturated carbocycles. The number of hydrogen-bond acceptors (Lipinski definition) is 4. The van der Waals surface area contributed by atoms with Crippen LogP contribution in [0.15, 0.2) is 0 Å². The van der Waals surface area contributed by atoms with Crippen LogP contribution >= 0.6 is 11.6 Å². The molecule has 1 aliphatic heterocycles. The second-order valence-electron chi connectivity index (χ2n) is 3.88. The van der Waals surface area contributed by atoms with Gasteiger partial charge >= 0.3 is 0 Å². The molecule has 5 nitrogen and oxygen atoms in total. The van der Waals surface area contributed by atoms with E-state index in [2.05, 4.69) is 19.9 Å². The quantitative estimate of drug-likeness (QED) is 0.774. The van der Waals surface area contributed by atoms with Crippen LogP contribution in [0.5, 0.6) is 0 Å². The third kappa shape index (κ3) is 1.56. The van der Waals surface area contributed by atoms with Gasteiger partial charge in [-0.15, -0.1) is 0 Å². The van der Waals surface area contributed by atoms with E-state index in [9.17, 15) is 0 Å². The predicted octanol–water partition coefficient (Wildman–Crippen LogP) is 2.17. The Hall–Kier alpha value is -1.20. The number of aromatic amines is 1. The van der Waals surface area contributed by atoms with Crippen molar-refractivity contribution >= 4 is 22.8 Å². The van der Waals surface area contributed by atoms with Crippen molar-refractivity contribution in [3.05, 3.63) is 16.8 Å². The van der Waals surface area contributed by atoms with Crippen LogP contribution < -0.4 is 0 Å². The van der Waals surface area contributed by atoms with Crippen molar-refractivity contribution in [1.82, 2.24) is 19.9 Å². The first-order valence-electron chi connectivity index (χ1n) is 5.25. The Morgan fingerprint density at radius 2 is 2.25 bits per heavy atom. The van der Waals surface area contributed by atoms with Crippen LogP contribution in [-0.2, 0) is 4.74 Å². The molecule has 3 rings (SSSR count). The van der Waals surface area contributed by atoms with E-state index in [1.807, 2.05) is 0 Å². The van der Waals surface area contributed by atoms with Crippen LogP contribution in [0.2, 0.25) is 5.15 Å². The highest BCUT2D eigenvalue weighted by Crippen LogP contribution is 2.28. The predicted molar refractivity (Wildman–Crippen MR) is 59.4 cm³/mol. The van der Waals surface area contributed by atoms with Gasteiger partial charge in [-0.25, -0.2) is 15.0 Å². The molecule has 84 valence electrons. The monoisotopic (exact) mass is 238 g/mol. The molecule has 1 aliphatic rings. The number of ether oxygens (including phenoxy) is 1. The van der Waals surface area contributed by atoms with Crippen LogP contribution in [-0.4, -0.2) is 26.5 Å². The van der Waals surface area contributed by atoms with E-state index in [0.717, 1.165) is 25.3 Å². The Morgan fingerprint density at radius 3 is 3.00 bits per heavy atom. The van der Waals surface area contributed by atoms with Crippen LogP contribution in [0.3, 0.4) is 0 Å². The molecule has 1 N–H and O–H groups in total. The van der Waals surface area contributed by atoms with E-state index in [4.69, 9.17) is 16.3 Å². The zero-order chi connectivity index (χ0) is 11.1. The molecule has 2 aromatic rings. The van der Waals surface area contributed by atoms with E-state index in [-0.39, 0.29) is 6.10 Å². The lowest BCUT2D eigenvalue weighted by molar-refractivity contribution is 0.106. The molecule has 0 radical (unpaired) electrons. The molecular weight excluding hydrogens is 228 g/mol. The maximum Gasteiger partial charge on any atom is 0.182 e. The summed E-state index contributed by atoms with van der Waals surface area (Å²) in [7, 11) is 0. The molecule has 1 fully saturated rings. The first kappa shape index (κ1) is 9.99. The van der Waals surface area contributed by atoms with Gasteiger partial charge in [0, 0.05) is 6.61 Å². The highest BCUT2D eigenvalue weighted by molar-refractivity contribution is 6.33. The highest BCUT2D eigenvalue weighted by Gasteiger charge is 2.22. The van der Waals surface area contributed by atoms with Gasteiger partial charge in [0.05, 0.1) is 0 Å². The van der Waals surface area contributed by atoms with Crippen LogP contribution in [0.1, 0.15) is 30.6 Å². The molecular formula is C10H11ClN4O. The lowest BCUT2D eigenvalue weighted by Gasteiger charge is -2.03. The van der Waals surface area contributed by atoms with Crippen molar-refractivity contribution in [2.75, 3.05) is 6.61 Å². The third-order valence-electron chi connectivity index (χ3n) is 2.67. The number of H-pyrrole nitrogens is 1. The number of imidazole rings is 1. The summed E-state index contributed by atoms with van der Waals surface area (Å²) in [6.07, 6.45) is 2.11. The number of hydrogen-bond donors (Lipinski definition) is 1. The van der Waals surface area contributed by atoms with Gasteiger partial charge < -0.3 is 9.72 Å². The molecule has 0 amide bonds.